The van der Waals surface area contributed by atoms with Crippen LogP contribution in [0.25, 0.3) is 0 Å². The van der Waals surface area contributed by atoms with Gasteiger partial charge in [-0.2, -0.15) is 10.1 Å². The van der Waals surface area contributed by atoms with Crippen LogP contribution in [0.5, 0.6) is 0 Å². The van der Waals surface area contributed by atoms with E-state index >= 15 is 0 Å². The summed E-state index contributed by atoms with van der Waals surface area (Å²) in [6.07, 6.45) is 1.53. The molecule has 2 heterocycles. The van der Waals surface area contributed by atoms with Crippen molar-refractivity contribution in [2.24, 2.45) is 10.1 Å². The Morgan fingerprint density at radius 3 is 2.43 bits per heavy atom. The van der Waals surface area contributed by atoms with E-state index in [2.05, 4.69) is 17.2 Å². The summed E-state index contributed by atoms with van der Waals surface area (Å²) in [6.45, 7) is 4.10. The van der Waals surface area contributed by atoms with Gasteiger partial charge in [-0.1, -0.05) is 72.8 Å². The number of nitrogens with zero attached hydrogens (tertiary/aromatic N) is 3. The minimum absolute atomic E-state index is 0.0175. The SMILES string of the molecule is CCc1ccc(NC(=O)C[C@@H]2SC(N3N=C(c4ccc(F)cc4)C[C@@H]3c3ccc(C)cc3)=NC2=O)cc1. The molecule has 0 radical (unpaired) electrons. The van der Waals surface area contributed by atoms with Gasteiger partial charge in [0.1, 0.15) is 11.1 Å². The van der Waals surface area contributed by atoms with Crippen LogP contribution in [0.3, 0.4) is 0 Å². The number of amidine groups is 1. The maximum absolute atomic E-state index is 13.5. The minimum Gasteiger partial charge on any atom is -0.326 e. The zero-order valence-corrected chi connectivity index (χ0v) is 21.5. The molecule has 8 heteroatoms. The second-order valence-electron chi connectivity index (χ2n) is 9.17. The summed E-state index contributed by atoms with van der Waals surface area (Å²) in [7, 11) is 0. The highest BCUT2D eigenvalue weighted by atomic mass is 32.2. The maximum Gasteiger partial charge on any atom is 0.262 e. The van der Waals surface area contributed by atoms with Gasteiger partial charge in [-0.15, -0.1) is 0 Å². The third-order valence-corrected chi connectivity index (χ3v) is 7.63. The molecule has 5 rings (SSSR count). The molecule has 1 N–H and O–H groups in total. The number of hydrogen-bond donors (Lipinski definition) is 1. The van der Waals surface area contributed by atoms with E-state index in [-0.39, 0.29) is 30.1 Å². The van der Waals surface area contributed by atoms with E-state index < -0.39 is 5.25 Å². The Bertz CT molecular complexity index is 1370. The van der Waals surface area contributed by atoms with Gasteiger partial charge < -0.3 is 5.32 Å². The Morgan fingerprint density at radius 1 is 1.05 bits per heavy atom. The Balaban J connectivity index is 1.33. The van der Waals surface area contributed by atoms with E-state index in [1.54, 1.807) is 17.1 Å². The highest BCUT2D eigenvalue weighted by Crippen LogP contribution is 2.38. The van der Waals surface area contributed by atoms with Crippen LogP contribution in [0.15, 0.2) is 82.9 Å². The lowest BCUT2D eigenvalue weighted by molar-refractivity contribution is -0.121. The summed E-state index contributed by atoms with van der Waals surface area (Å²) in [6, 6.07) is 21.9. The van der Waals surface area contributed by atoms with Crippen molar-refractivity contribution < 1.29 is 14.0 Å². The molecule has 2 aliphatic rings. The van der Waals surface area contributed by atoms with Gasteiger partial charge in [0, 0.05) is 18.5 Å². The lowest BCUT2D eigenvalue weighted by Gasteiger charge is -2.23. The van der Waals surface area contributed by atoms with Gasteiger partial charge in [0.2, 0.25) is 5.91 Å². The minimum atomic E-state index is -0.617. The molecule has 0 unspecified atom stereocenters. The van der Waals surface area contributed by atoms with Crippen LogP contribution in [0.2, 0.25) is 0 Å². The average Bonchev–Trinajstić information content (AvgIpc) is 3.49. The van der Waals surface area contributed by atoms with Crippen molar-refractivity contribution in [3.05, 3.63) is 101 Å². The number of amides is 2. The van der Waals surface area contributed by atoms with Crippen molar-refractivity contribution >= 4 is 40.1 Å². The lowest BCUT2D eigenvalue weighted by Crippen LogP contribution is -2.25. The molecule has 0 saturated carbocycles. The molecular weight excluding hydrogens is 487 g/mol. The van der Waals surface area contributed by atoms with Crippen LogP contribution in [0.1, 0.15) is 48.1 Å². The van der Waals surface area contributed by atoms with Crippen molar-refractivity contribution in [3.8, 4) is 0 Å². The molecule has 0 saturated heterocycles. The first kappa shape index (κ1) is 24.9. The molecule has 2 atom stereocenters. The number of thioether (sulfide) groups is 1. The van der Waals surface area contributed by atoms with Gasteiger partial charge in [-0.05, 0) is 54.3 Å². The first-order chi connectivity index (χ1) is 17.9. The summed E-state index contributed by atoms with van der Waals surface area (Å²) >= 11 is 1.26. The van der Waals surface area contributed by atoms with Crippen LogP contribution in [-0.4, -0.2) is 33.0 Å². The molecule has 0 aromatic heterocycles. The molecular formula is C29H27FN4O2S. The number of nitrogens with one attached hydrogen (secondary N) is 1. The molecule has 0 fully saturated rings. The lowest BCUT2D eigenvalue weighted by atomic mass is 9.98. The molecule has 3 aromatic carbocycles. The van der Waals surface area contributed by atoms with Crippen molar-refractivity contribution in [2.75, 3.05) is 5.32 Å². The Kier molecular flexibility index (Phi) is 7.19. The fourth-order valence-electron chi connectivity index (χ4n) is 4.36. The molecule has 188 valence electrons. The maximum atomic E-state index is 13.5. The molecule has 2 amide bonds. The zero-order chi connectivity index (χ0) is 25.9. The smallest absolute Gasteiger partial charge is 0.262 e. The molecule has 2 aliphatic heterocycles. The summed E-state index contributed by atoms with van der Waals surface area (Å²) in [5.74, 6) is -0.888. The van der Waals surface area contributed by atoms with Gasteiger partial charge in [-0.3, -0.25) is 9.59 Å². The predicted molar refractivity (Wildman–Crippen MR) is 146 cm³/mol. The van der Waals surface area contributed by atoms with Gasteiger partial charge in [0.15, 0.2) is 5.17 Å². The van der Waals surface area contributed by atoms with E-state index in [1.165, 1.54) is 29.5 Å². The number of hydrogen-bond acceptors (Lipinski definition) is 5. The first-order valence-corrected chi connectivity index (χ1v) is 13.1. The summed E-state index contributed by atoms with van der Waals surface area (Å²) in [4.78, 5) is 29.8. The zero-order valence-electron chi connectivity index (χ0n) is 20.6. The number of halogens is 1. The van der Waals surface area contributed by atoms with E-state index in [1.807, 2.05) is 55.5 Å². The van der Waals surface area contributed by atoms with Gasteiger partial charge in [0.25, 0.3) is 5.91 Å². The van der Waals surface area contributed by atoms with Crippen molar-refractivity contribution in [1.82, 2.24) is 5.01 Å². The summed E-state index contributed by atoms with van der Waals surface area (Å²) in [5.41, 5.74) is 5.68. The van der Waals surface area contributed by atoms with Crippen molar-refractivity contribution in [3.63, 3.8) is 0 Å². The molecule has 3 aromatic rings. The molecule has 0 aliphatic carbocycles. The standard InChI is InChI=1S/C29H27FN4O2S/c1-3-19-6-14-23(15-7-19)31-27(35)17-26-28(36)32-29(37-26)34-25(21-8-4-18(2)5-9-21)16-24(33-34)20-10-12-22(30)13-11-20/h4-15,25-26H,3,16-17H2,1-2H3,(H,31,35)/t25-,26+/m1/s1. The summed E-state index contributed by atoms with van der Waals surface area (Å²) < 4.78 is 13.5. The third kappa shape index (κ3) is 5.64. The second-order valence-corrected chi connectivity index (χ2v) is 10.3. The summed E-state index contributed by atoms with van der Waals surface area (Å²) in [5, 5.41) is 9.30. The van der Waals surface area contributed by atoms with E-state index in [0.717, 1.165) is 28.8 Å². The van der Waals surface area contributed by atoms with Crippen LogP contribution in [0.4, 0.5) is 10.1 Å². The van der Waals surface area contributed by atoms with E-state index in [9.17, 15) is 14.0 Å². The normalized spacial score (nSPS) is 19.1. The predicted octanol–water partition coefficient (Wildman–Crippen LogP) is 5.87. The number of aliphatic imine (C=N–C) groups is 1. The van der Waals surface area contributed by atoms with Gasteiger partial charge >= 0.3 is 0 Å². The van der Waals surface area contributed by atoms with Crippen LogP contribution < -0.4 is 5.32 Å². The van der Waals surface area contributed by atoms with Gasteiger partial charge in [0.05, 0.1) is 11.8 Å². The fraction of sp³-hybridized carbons (Fsp3) is 0.241. The van der Waals surface area contributed by atoms with Crippen molar-refractivity contribution in [1.29, 1.82) is 0 Å². The van der Waals surface area contributed by atoms with E-state index in [0.29, 0.717) is 17.3 Å². The van der Waals surface area contributed by atoms with E-state index in [4.69, 9.17) is 5.10 Å². The van der Waals surface area contributed by atoms with Gasteiger partial charge in [-0.25, -0.2) is 9.40 Å². The van der Waals surface area contributed by atoms with Crippen molar-refractivity contribution in [2.45, 2.75) is 44.4 Å². The molecule has 0 spiro atoms. The number of hydrazone groups is 1. The topological polar surface area (TPSA) is 74.1 Å². The average molecular weight is 515 g/mol. The monoisotopic (exact) mass is 514 g/mol. The van der Waals surface area contributed by atoms with Crippen LogP contribution >= 0.6 is 11.8 Å². The second kappa shape index (κ2) is 10.7. The third-order valence-electron chi connectivity index (χ3n) is 6.49. The molecule has 0 bridgehead atoms. The Labute approximate surface area is 219 Å². The quantitative estimate of drug-likeness (QED) is 0.446. The Morgan fingerprint density at radius 2 is 1.76 bits per heavy atom. The number of rotatable bonds is 6. The van der Waals surface area contributed by atoms with Crippen LogP contribution in [-0.2, 0) is 16.0 Å². The highest BCUT2D eigenvalue weighted by Gasteiger charge is 2.39. The number of anilines is 1. The fourth-order valence-corrected chi connectivity index (χ4v) is 5.42. The Hall–Kier alpha value is -3.78. The number of carbonyl (C=O) groups is 2. The number of benzene rings is 3. The molecule has 6 nitrogen and oxygen atoms in total. The number of aryl methyl sites for hydroxylation is 2. The first-order valence-electron chi connectivity index (χ1n) is 12.3. The number of carbonyl (C=O) groups excluding carboxylic acids is 2. The highest BCUT2D eigenvalue weighted by molar-refractivity contribution is 8.15. The largest absolute Gasteiger partial charge is 0.326 e. The molecule has 37 heavy (non-hydrogen) atoms. The van der Waals surface area contributed by atoms with Crippen LogP contribution in [0, 0.1) is 12.7 Å².